The van der Waals surface area contributed by atoms with Crippen molar-refractivity contribution in [3.63, 3.8) is 0 Å². The van der Waals surface area contributed by atoms with Gasteiger partial charge in [-0.05, 0) is 42.9 Å². The van der Waals surface area contributed by atoms with E-state index >= 15 is 0 Å². The predicted octanol–water partition coefficient (Wildman–Crippen LogP) is 5.34. The molecular weight excluding hydrogens is 344 g/mol. The molecule has 0 aliphatic carbocycles. The summed E-state index contributed by atoms with van der Waals surface area (Å²) in [6, 6.07) is 20.1. The standard InChI is InChI=1S/C22H25ClN2O/c1-3-25(4-2)15-16-26-22(18-9-12-19(23)13-10-18)21-14-11-17-7-5-6-8-20(17)24-21/h5-14,22H,3-4,15-16H2,1-2H3. The number of hydrogen-bond acceptors (Lipinski definition) is 3. The van der Waals surface area contributed by atoms with Gasteiger partial charge in [-0.15, -0.1) is 0 Å². The summed E-state index contributed by atoms with van der Waals surface area (Å²) in [6.07, 6.45) is -0.201. The van der Waals surface area contributed by atoms with Crippen LogP contribution in [-0.4, -0.2) is 36.1 Å². The smallest absolute Gasteiger partial charge is 0.125 e. The molecular formula is C22H25ClN2O. The van der Waals surface area contributed by atoms with Crippen LogP contribution in [0.2, 0.25) is 5.02 Å². The summed E-state index contributed by atoms with van der Waals surface area (Å²) in [4.78, 5) is 7.19. The van der Waals surface area contributed by atoms with Crippen LogP contribution in [0.25, 0.3) is 10.9 Å². The number of aromatic nitrogens is 1. The van der Waals surface area contributed by atoms with Gasteiger partial charge in [0.1, 0.15) is 6.10 Å². The number of halogens is 1. The maximum atomic E-state index is 6.29. The van der Waals surface area contributed by atoms with Crippen LogP contribution in [0.5, 0.6) is 0 Å². The fourth-order valence-electron chi connectivity index (χ4n) is 3.06. The van der Waals surface area contributed by atoms with Gasteiger partial charge >= 0.3 is 0 Å². The fourth-order valence-corrected chi connectivity index (χ4v) is 3.18. The lowest BCUT2D eigenvalue weighted by Crippen LogP contribution is -2.27. The molecule has 26 heavy (non-hydrogen) atoms. The quantitative estimate of drug-likeness (QED) is 0.537. The van der Waals surface area contributed by atoms with Crippen LogP contribution < -0.4 is 0 Å². The molecule has 0 radical (unpaired) electrons. The van der Waals surface area contributed by atoms with Gasteiger partial charge in [-0.2, -0.15) is 0 Å². The summed E-state index contributed by atoms with van der Waals surface area (Å²) in [5.41, 5.74) is 2.97. The van der Waals surface area contributed by atoms with E-state index in [4.69, 9.17) is 21.3 Å². The molecule has 136 valence electrons. The summed E-state index contributed by atoms with van der Waals surface area (Å²) in [7, 11) is 0. The Balaban J connectivity index is 1.87. The molecule has 1 heterocycles. The van der Waals surface area contributed by atoms with E-state index in [0.29, 0.717) is 6.61 Å². The second-order valence-electron chi connectivity index (χ2n) is 6.26. The molecule has 3 rings (SSSR count). The molecule has 1 atom stereocenters. The van der Waals surface area contributed by atoms with E-state index in [0.717, 1.165) is 46.8 Å². The number of rotatable bonds is 8. The van der Waals surface area contributed by atoms with Crippen molar-refractivity contribution in [2.24, 2.45) is 0 Å². The third-order valence-corrected chi connectivity index (χ3v) is 4.90. The molecule has 1 unspecified atom stereocenters. The molecule has 0 fully saturated rings. The number of ether oxygens (including phenoxy) is 1. The first-order valence-electron chi connectivity index (χ1n) is 9.16. The Hall–Kier alpha value is -1.94. The first-order valence-corrected chi connectivity index (χ1v) is 9.54. The minimum absolute atomic E-state index is 0.201. The Morgan fingerprint density at radius 2 is 1.69 bits per heavy atom. The van der Waals surface area contributed by atoms with Gasteiger partial charge in [0.15, 0.2) is 0 Å². The van der Waals surface area contributed by atoms with Crippen LogP contribution in [0, 0.1) is 0 Å². The topological polar surface area (TPSA) is 25.4 Å². The van der Waals surface area contributed by atoms with Crippen LogP contribution in [0.3, 0.4) is 0 Å². The Morgan fingerprint density at radius 1 is 0.962 bits per heavy atom. The summed E-state index contributed by atoms with van der Waals surface area (Å²) >= 11 is 6.06. The Bertz CT molecular complexity index is 831. The van der Waals surface area contributed by atoms with E-state index < -0.39 is 0 Å². The van der Waals surface area contributed by atoms with Gasteiger partial charge in [0.2, 0.25) is 0 Å². The fraction of sp³-hybridized carbons (Fsp3) is 0.318. The van der Waals surface area contributed by atoms with Crippen LogP contribution in [0.4, 0.5) is 0 Å². The average molecular weight is 369 g/mol. The van der Waals surface area contributed by atoms with E-state index in [-0.39, 0.29) is 6.10 Å². The molecule has 2 aromatic carbocycles. The van der Waals surface area contributed by atoms with Crippen molar-refractivity contribution in [2.45, 2.75) is 20.0 Å². The second-order valence-corrected chi connectivity index (χ2v) is 6.69. The number of para-hydroxylation sites is 1. The van der Waals surface area contributed by atoms with E-state index in [1.54, 1.807) is 0 Å². The van der Waals surface area contributed by atoms with E-state index in [2.05, 4.69) is 36.9 Å². The van der Waals surface area contributed by atoms with Crippen molar-refractivity contribution in [3.8, 4) is 0 Å². The highest BCUT2D eigenvalue weighted by Crippen LogP contribution is 2.27. The van der Waals surface area contributed by atoms with Crippen molar-refractivity contribution >= 4 is 22.5 Å². The lowest BCUT2D eigenvalue weighted by atomic mass is 10.0. The Kier molecular flexibility index (Phi) is 6.62. The maximum Gasteiger partial charge on any atom is 0.125 e. The van der Waals surface area contributed by atoms with Crippen LogP contribution >= 0.6 is 11.6 Å². The van der Waals surface area contributed by atoms with Gasteiger partial charge in [-0.25, -0.2) is 4.98 Å². The molecule has 3 nitrogen and oxygen atoms in total. The molecule has 0 amide bonds. The third kappa shape index (κ3) is 4.61. The van der Waals surface area contributed by atoms with Gasteiger partial charge < -0.3 is 9.64 Å². The van der Waals surface area contributed by atoms with Crippen molar-refractivity contribution < 1.29 is 4.74 Å². The zero-order valence-electron chi connectivity index (χ0n) is 15.4. The largest absolute Gasteiger partial charge is 0.366 e. The average Bonchev–Trinajstić information content (AvgIpc) is 2.69. The molecule has 0 aliphatic heterocycles. The molecule has 3 aromatic rings. The number of nitrogens with zero attached hydrogens (tertiary/aromatic N) is 2. The third-order valence-electron chi connectivity index (χ3n) is 4.65. The Morgan fingerprint density at radius 3 is 2.42 bits per heavy atom. The first kappa shape index (κ1) is 18.8. The summed E-state index contributed by atoms with van der Waals surface area (Å²) in [5.74, 6) is 0. The Labute approximate surface area is 160 Å². The number of benzene rings is 2. The van der Waals surface area contributed by atoms with Gasteiger partial charge in [-0.1, -0.05) is 61.8 Å². The first-order chi connectivity index (χ1) is 12.7. The summed E-state index contributed by atoms with van der Waals surface area (Å²) in [5, 5.41) is 1.86. The number of fused-ring (bicyclic) bond motifs is 1. The lowest BCUT2D eigenvalue weighted by Gasteiger charge is -2.22. The predicted molar refractivity (Wildman–Crippen MR) is 109 cm³/mol. The molecule has 4 heteroatoms. The highest BCUT2D eigenvalue weighted by molar-refractivity contribution is 6.30. The van der Waals surface area contributed by atoms with Crippen molar-refractivity contribution in [1.82, 2.24) is 9.88 Å². The minimum atomic E-state index is -0.201. The maximum absolute atomic E-state index is 6.29. The second kappa shape index (κ2) is 9.13. The van der Waals surface area contributed by atoms with Gasteiger partial charge in [-0.3, -0.25) is 0 Å². The van der Waals surface area contributed by atoms with E-state index in [1.807, 2.05) is 42.5 Å². The van der Waals surface area contributed by atoms with Gasteiger partial charge in [0, 0.05) is 17.0 Å². The highest BCUT2D eigenvalue weighted by atomic mass is 35.5. The molecule has 0 spiro atoms. The zero-order valence-corrected chi connectivity index (χ0v) is 16.1. The number of pyridine rings is 1. The lowest BCUT2D eigenvalue weighted by molar-refractivity contribution is 0.0597. The molecule has 0 bridgehead atoms. The van der Waals surface area contributed by atoms with Gasteiger partial charge in [0.25, 0.3) is 0 Å². The van der Waals surface area contributed by atoms with Crippen LogP contribution in [0.15, 0.2) is 60.7 Å². The summed E-state index contributed by atoms with van der Waals surface area (Å²) < 4.78 is 6.29. The number of likely N-dealkylation sites (N-methyl/N-ethyl adjacent to an activating group) is 1. The van der Waals surface area contributed by atoms with Gasteiger partial charge in [0.05, 0.1) is 17.8 Å². The van der Waals surface area contributed by atoms with Crippen molar-refractivity contribution in [1.29, 1.82) is 0 Å². The minimum Gasteiger partial charge on any atom is -0.366 e. The number of hydrogen-bond donors (Lipinski definition) is 0. The highest BCUT2D eigenvalue weighted by Gasteiger charge is 2.17. The van der Waals surface area contributed by atoms with Crippen molar-refractivity contribution in [2.75, 3.05) is 26.2 Å². The molecule has 1 aromatic heterocycles. The zero-order chi connectivity index (χ0) is 18.4. The molecule has 0 saturated heterocycles. The molecule has 0 saturated carbocycles. The monoisotopic (exact) mass is 368 g/mol. The normalized spacial score (nSPS) is 12.6. The van der Waals surface area contributed by atoms with E-state index in [9.17, 15) is 0 Å². The van der Waals surface area contributed by atoms with Crippen molar-refractivity contribution in [3.05, 3.63) is 76.9 Å². The molecule has 0 N–H and O–H groups in total. The van der Waals surface area contributed by atoms with Crippen LogP contribution in [0.1, 0.15) is 31.2 Å². The van der Waals surface area contributed by atoms with Crippen LogP contribution in [-0.2, 0) is 4.74 Å². The van der Waals surface area contributed by atoms with E-state index in [1.165, 1.54) is 0 Å². The molecule has 0 aliphatic rings. The summed E-state index contributed by atoms with van der Waals surface area (Å²) in [6.45, 7) is 7.96. The SMILES string of the molecule is CCN(CC)CCOC(c1ccc(Cl)cc1)c1ccc2ccccc2n1.